The first-order chi connectivity index (χ1) is 16.7. The minimum absolute atomic E-state index is 0.189. The van der Waals surface area contributed by atoms with E-state index in [0.29, 0.717) is 13.0 Å². The summed E-state index contributed by atoms with van der Waals surface area (Å²) < 4.78 is 5.03. The lowest BCUT2D eigenvalue weighted by molar-refractivity contribution is -0.142. The molecule has 0 saturated carbocycles. The van der Waals surface area contributed by atoms with Gasteiger partial charge in [-0.15, -0.1) is 0 Å². The normalized spacial score (nSPS) is 10.8. The fourth-order valence-electron chi connectivity index (χ4n) is 3.88. The van der Waals surface area contributed by atoms with Crippen LogP contribution < -0.4 is 5.32 Å². The summed E-state index contributed by atoms with van der Waals surface area (Å²) in [6, 6.07) is 37.9. The zero-order valence-corrected chi connectivity index (χ0v) is 20.1. The van der Waals surface area contributed by atoms with Crippen molar-refractivity contribution in [3.63, 3.8) is 0 Å². The fraction of sp³-hybridized carbons (Fsp3) is 0.167. The molecule has 4 rings (SSSR count). The van der Waals surface area contributed by atoms with E-state index in [2.05, 4.69) is 102 Å². The maximum Gasteiger partial charge on any atom is 0.310 e. The van der Waals surface area contributed by atoms with Crippen LogP contribution in [0.1, 0.15) is 29.5 Å². The number of esters is 1. The summed E-state index contributed by atoms with van der Waals surface area (Å²) >= 11 is 1.71. The molecule has 0 aliphatic rings. The number of hydrogen-bond donors (Lipinski definition) is 1. The summed E-state index contributed by atoms with van der Waals surface area (Å²) in [7, 11) is 0. The van der Waals surface area contributed by atoms with Crippen LogP contribution >= 0.6 is 11.8 Å². The van der Waals surface area contributed by atoms with Gasteiger partial charge in [-0.05, 0) is 53.9 Å². The molecule has 0 aromatic heterocycles. The summed E-state index contributed by atoms with van der Waals surface area (Å²) in [5.41, 5.74) is 4.66. The van der Waals surface area contributed by atoms with Crippen molar-refractivity contribution in [3.8, 4) is 0 Å². The Kier molecular flexibility index (Phi) is 8.42. The number of hydrogen-bond acceptors (Lipinski definition) is 4. The Balaban J connectivity index is 1.41. The number of benzene rings is 4. The lowest BCUT2D eigenvalue weighted by Gasteiger charge is -2.20. The van der Waals surface area contributed by atoms with Crippen LogP contribution in [0.2, 0.25) is 0 Å². The third-order valence-electron chi connectivity index (χ3n) is 5.56. The van der Waals surface area contributed by atoms with Crippen LogP contribution in [0.4, 0.5) is 5.69 Å². The highest BCUT2D eigenvalue weighted by atomic mass is 32.2. The number of anilines is 1. The van der Waals surface area contributed by atoms with Crippen molar-refractivity contribution in [2.24, 2.45) is 0 Å². The minimum atomic E-state index is -0.189. The van der Waals surface area contributed by atoms with E-state index in [1.165, 1.54) is 16.0 Å². The van der Waals surface area contributed by atoms with Gasteiger partial charge in [0.2, 0.25) is 0 Å². The lowest BCUT2D eigenvalue weighted by atomic mass is 9.91. The van der Waals surface area contributed by atoms with E-state index in [-0.39, 0.29) is 11.9 Å². The largest absolute Gasteiger partial charge is 0.466 e. The third-order valence-corrected chi connectivity index (χ3v) is 6.56. The van der Waals surface area contributed by atoms with Crippen LogP contribution in [0.5, 0.6) is 0 Å². The molecule has 4 aromatic rings. The summed E-state index contributed by atoms with van der Waals surface area (Å²) in [6.07, 6.45) is 0.308. The van der Waals surface area contributed by atoms with E-state index >= 15 is 0 Å². The molecule has 0 unspecified atom stereocenters. The van der Waals surface area contributed by atoms with E-state index in [4.69, 9.17) is 4.74 Å². The smallest absolute Gasteiger partial charge is 0.310 e. The molecule has 0 bridgehead atoms. The Hall–Kier alpha value is -3.50. The molecular weight excluding hydrogens is 438 g/mol. The topological polar surface area (TPSA) is 38.3 Å². The van der Waals surface area contributed by atoms with Crippen molar-refractivity contribution in [1.29, 1.82) is 0 Å². The van der Waals surface area contributed by atoms with Crippen LogP contribution in [-0.4, -0.2) is 19.1 Å². The monoisotopic (exact) mass is 467 g/mol. The first-order valence-corrected chi connectivity index (χ1v) is 12.4. The van der Waals surface area contributed by atoms with Gasteiger partial charge in [-0.2, -0.15) is 0 Å². The molecule has 0 aliphatic heterocycles. The fourth-order valence-corrected chi connectivity index (χ4v) is 4.76. The quantitative estimate of drug-likeness (QED) is 0.251. The minimum Gasteiger partial charge on any atom is -0.466 e. The van der Waals surface area contributed by atoms with Crippen LogP contribution in [0.3, 0.4) is 0 Å². The molecule has 0 radical (unpaired) electrons. The van der Waals surface area contributed by atoms with Gasteiger partial charge in [0, 0.05) is 27.9 Å². The van der Waals surface area contributed by atoms with Gasteiger partial charge in [0.1, 0.15) is 0 Å². The Morgan fingerprint density at radius 2 is 1.44 bits per heavy atom. The molecule has 0 amide bonds. The zero-order chi connectivity index (χ0) is 23.6. The molecule has 34 heavy (non-hydrogen) atoms. The average Bonchev–Trinajstić information content (AvgIpc) is 2.87. The summed E-state index contributed by atoms with van der Waals surface area (Å²) in [5.74, 6) is 0.0802. The van der Waals surface area contributed by atoms with E-state index in [1.807, 2.05) is 19.1 Å². The molecule has 0 aliphatic carbocycles. The maximum atomic E-state index is 11.7. The van der Waals surface area contributed by atoms with Crippen LogP contribution in [0.25, 0.3) is 0 Å². The van der Waals surface area contributed by atoms with Gasteiger partial charge in [0.15, 0.2) is 0 Å². The molecule has 0 heterocycles. The second-order valence-electron chi connectivity index (χ2n) is 8.01. The van der Waals surface area contributed by atoms with Gasteiger partial charge >= 0.3 is 5.97 Å². The highest BCUT2D eigenvalue weighted by Gasteiger charge is 2.14. The van der Waals surface area contributed by atoms with Gasteiger partial charge in [0.05, 0.1) is 13.0 Å². The van der Waals surface area contributed by atoms with Crippen LogP contribution in [0, 0.1) is 0 Å². The molecule has 1 N–H and O–H groups in total. The Morgan fingerprint density at radius 3 is 2.06 bits per heavy atom. The van der Waals surface area contributed by atoms with Crippen molar-refractivity contribution in [2.75, 3.05) is 18.5 Å². The van der Waals surface area contributed by atoms with Gasteiger partial charge < -0.3 is 10.1 Å². The van der Waals surface area contributed by atoms with Crippen LogP contribution in [-0.2, 0) is 16.0 Å². The van der Waals surface area contributed by atoms with Gasteiger partial charge in [-0.25, -0.2) is 0 Å². The van der Waals surface area contributed by atoms with Crippen LogP contribution in [0.15, 0.2) is 119 Å². The van der Waals surface area contributed by atoms with Gasteiger partial charge in [0.25, 0.3) is 0 Å². The molecule has 172 valence electrons. The highest BCUT2D eigenvalue weighted by Crippen LogP contribution is 2.31. The number of nitrogens with one attached hydrogen (secondary N) is 1. The second-order valence-corrected chi connectivity index (χ2v) is 9.16. The summed E-state index contributed by atoms with van der Waals surface area (Å²) in [5, 5.41) is 3.65. The molecule has 0 fully saturated rings. The van der Waals surface area contributed by atoms with Gasteiger partial charge in [-0.1, -0.05) is 90.6 Å². The summed E-state index contributed by atoms with van der Waals surface area (Å²) in [6.45, 7) is 3.05. The molecule has 0 saturated heterocycles. The SMILES string of the molecule is CCOC(=O)Cc1ccc(Sc2cccc(NCC(c3ccccc3)c3ccccc3)c2)cc1. The van der Waals surface area contributed by atoms with Crippen molar-refractivity contribution in [2.45, 2.75) is 29.1 Å². The first-order valence-electron chi connectivity index (χ1n) is 11.6. The molecule has 3 nitrogen and oxygen atoms in total. The standard InChI is InChI=1S/C30H29NO2S/c1-2-33-30(32)20-23-16-18-27(19-17-23)34-28-15-9-14-26(21-28)31-22-29(24-10-5-3-6-11-24)25-12-7-4-8-13-25/h3-19,21,29,31H,2,20,22H2,1H3. The Morgan fingerprint density at radius 1 is 0.794 bits per heavy atom. The Labute approximate surface area is 206 Å². The van der Waals surface area contributed by atoms with Crippen molar-refractivity contribution in [3.05, 3.63) is 126 Å². The number of carbonyl (C=O) groups excluding carboxylic acids is 1. The molecule has 0 spiro atoms. The predicted octanol–water partition coefficient (Wildman–Crippen LogP) is 7.19. The first kappa shape index (κ1) is 23.7. The third kappa shape index (κ3) is 6.75. The maximum absolute atomic E-state index is 11.7. The molecular formula is C30H29NO2S. The molecule has 4 heteroatoms. The number of carbonyl (C=O) groups is 1. The second kappa shape index (κ2) is 12.1. The average molecular weight is 468 g/mol. The molecule has 0 atom stereocenters. The number of ether oxygens (including phenoxy) is 1. The predicted molar refractivity (Wildman–Crippen MR) is 141 cm³/mol. The van der Waals surface area contributed by atoms with E-state index in [1.54, 1.807) is 11.8 Å². The number of rotatable bonds is 10. The summed E-state index contributed by atoms with van der Waals surface area (Å²) in [4.78, 5) is 14.0. The van der Waals surface area contributed by atoms with E-state index < -0.39 is 0 Å². The van der Waals surface area contributed by atoms with E-state index in [9.17, 15) is 4.79 Å². The van der Waals surface area contributed by atoms with E-state index in [0.717, 1.165) is 22.7 Å². The van der Waals surface area contributed by atoms with Crippen molar-refractivity contribution >= 4 is 23.4 Å². The zero-order valence-electron chi connectivity index (χ0n) is 19.3. The van der Waals surface area contributed by atoms with Crippen molar-refractivity contribution in [1.82, 2.24) is 0 Å². The van der Waals surface area contributed by atoms with Crippen molar-refractivity contribution < 1.29 is 9.53 Å². The highest BCUT2D eigenvalue weighted by molar-refractivity contribution is 7.99. The Bertz CT molecular complexity index is 1140. The molecule has 4 aromatic carbocycles. The lowest BCUT2D eigenvalue weighted by Crippen LogP contribution is -2.14. The van der Waals surface area contributed by atoms with Gasteiger partial charge in [-0.3, -0.25) is 4.79 Å².